The number of anilines is 3. The Morgan fingerprint density at radius 2 is 1.85 bits per heavy atom. The van der Waals surface area contributed by atoms with Gasteiger partial charge in [-0.2, -0.15) is 18.2 Å². The summed E-state index contributed by atoms with van der Waals surface area (Å²) in [5.74, 6) is 0.970. The van der Waals surface area contributed by atoms with Gasteiger partial charge in [0, 0.05) is 71.2 Å². The van der Waals surface area contributed by atoms with Crippen molar-refractivity contribution in [2.45, 2.75) is 52.3 Å². The van der Waals surface area contributed by atoms with Crippen LogP contribution in [0.5, 0.6) is 0 Å². The van der Waals surface area contributed by atoms with Gasteiger partial charge in [0.1, 0.15) is 17.5 Å². The van der Waals surface area contributed by atoms with Crippen LogP contribution in [-0.4, -0.2) is 67.4 Å². The third-order valence-electron chi connectivity index (χ3n) is 7.02. The molecule has 1 unspecified atom stereocenters. The van der Waals surface area contributed by atoms with Gasteiger partial charge in [-0.25, -0.2) is 14.4 Å². The molecule has 2 saturated heterocycles. The number of methoxy groups -OCH3 is 1. The topological polar surface area (TPSA) is 57.6 Å². The van der Waals surface area contributed by atoms with E-state index in [0.29, 0.717) is 37.6 Å². The van der Waals surface area contributed by atoms with E-state index in [-0.39, 0.29) is 17.7 Å². The van der Waals surface area contributed by atoms with E-state index in [1.165, 1.54) is 24.4 Å². The standard InChI is InChI=1S/C27H32F4N6.C3H8O/c1-4-19(2)23(28)11-7-9-21-17-24(34-26(33-21)35-13-5-6-14-35)37-16-15-36(18-20(37)3)25-22(27(29,30)31)10-8-12-32-25;1-3-4-2/h4,7-8,10-12,17,20H,1,5-6,9,13-16,18H2,2-3H3;3H2,1-2H3/b11-7-,23-19+;. The first kappa shape index (κ1) is 32.0. The van der Waals surface area contributed by atoms with E-state index in [9.17, 15) is 17.6 Å². The Kier molecular flexibility index (Phi) is 11.7. The number of piperazine rings is 1. The van der Waals surface area contributed by atoms with Crippen LogP contribution in [0.25, 0.3) is 0 Å². The second-order valence-corrected chi connectivity index (χ2v) is 9.99. The van der Waals surface area contributed by atoms with Crippen molar-refractivity contribution in [1.29, 1.82) is 0 Å². The maximum absolute atomic E-state index is 14.1. The number of alkyl halides is 3. The van der Waals surface area contributed by atoms with E-state index >= 15 is 0 Å². The van der Waals surface area contributed by atoms with Crippen LogP contribution >= 0.6 is 0 Å². The molecule has 0 aliphatic carbocycles. The largest absolute Gasteiger partial charge is 0.419 e. The number of pyridine rings is 1. The molecule has 0 bridgehead atoms. The summed E-state index contributed by atoms with van der Waals surface area (Å²) in [5, 5.41) is 0. The van der Waals surface area contributed by atoms with Gasteiger partial charge < -0.3 is 19.4 Å². The summed E-state index contributed by atoms with van der Waals surface area (Å²) in [5.41, 5.74) is 0.493. The Morgan fingerprint density at radius 3 is 2.46 bits per heavy atom. The fraction of sp³-hybridized carbons (Fsp3) is 0.500. The molecule has 2 fully saturated rings. The molecule has 2 aromatic rings. The summed E-state index contributed by atoms with van der Waals surface area (Å²) in [6, 6.07) is 4.15. The average Bonchev–Trinajstić information content (AvgIpc) is 3.51. The summed E-state index contributed by atoms with van der Waals surface area (Å²) >= 11 is 0. The molecule has 2 aliphatic rings. The van der Waals surface area contributed by atoms with Gasteiger partial charge in [0.15, 0.2) is 0 Å². The Morgan fingerprint density at radius 1 is 1.15 bits per heavy atom. The summed E-state index contributed by atoms with van der Waals surface area (Å²) in [7, 11) is 1.68. The van der Waals surface area contributed by atoms with E-state index in [1.807, 2.05) is 19.9 Å². The Hall–Kier alpha value is -3.47. The Bertz CT molecular complexity index is 1210. The number of aromatic nitrogens is 3. The van der Waals surface area contributed by atoms with Crippen LogP contribution in [0.15, 0.2) is 60.6 Å². The average molecular weight is 577 g/mol. The van der Waals surface area contributed by atoms with Gasteiger partial charge in [0.25, 0.3) is 0 Å². The highest BCUT2D eigenvalue weighted by molar-refractivity contribution is 5.53. The van der Waals surface area contributed by atoms with E-state index in [1.54, 1.807) is 25.0 Å². The molecule has 4 heterocycles. The zero-order chi connectivity index (χ0) is 30.0. The third kappa shape index (κ3) is 8.76. The molecule has 2 aromatic heterocycles. The summed E-state index contributed by atoms with van der Waals surface area (Å²) in [6.07, 6.45) is 4.10. The van der Waals surface area contributed by atoms with Crippen molar-refractivity contribution in [3.63, 3.8) is 0 Å². The van der Waals surface area contributed by atoms with Crippen molar-refractivity contribution in [3.05, 3.63) is 71.9 Å². The quantitative estimate of drug-likeness (QED) is 0.267. The summed E-state index contributed by atoms with van der Waals surface area (Å²) < 4.78 is 59.3. The maximum atomic E-state index is 14.1. The minimum absolute atomic E-state index is 0.0438. The second kappa shape index (κ2) is 15.0. The lowest BCUT2D eigenvalue weighted by molar-refractivity contribution is -0.137. The SMILES string of the molecule is C=C/C(C)=C(F)\C=C/Cc1cc(N2CCN(c3ncccc3C(F)(F)F)CC2C)nc(N2CCCC2)n1.CCOC. The third-order valence-corrected chi connectivity index (χ3v) is 7.02. The highest BCUT2D eigenvalue weighted by atomic mass is 19.4. The van der Waals surface area contributed by atoms with Gasteiger partial charge >= 0.3 is 6.18 Å². The smallest absolute Gasteiger partial charge is 0.385 e. The highest BCUT2D eigenvalue weighted by Gasteiger charge is 2.37. The molecule has 2 aliphatic heterocycles. The molecule has 0 aromatic carbocycles. The number of hydrogen-bond acceptors (Lipinski definition) is 7. The van der Waals surface area contributed by atoms with Crippen molar-refractivity contribution in [3.8, 4) is 0 Å². The van der Waals surface area contributed by atoms with E-state index in [0.717, 1.165) is 50.1 Å². The lowest BCUT2D eigenvalue weighted by Gasteiger charge is -2.41. The summed E-state index contributed by atoms with van der Waals surface area (Å²) in [6.45, 7) is 13.0. The van der Waals surface area contributed by atoms with Crippen LogP contribution in [0.4, 0.5) is 35.1 Å². The molecule has 41 heavy (non-hydrogen) atoms. The number of allylic oxidation sites excluding steroid dienone is 5. The van der Waals surface area contributed by atoms with Crippen molar-refractivity contribution < 1.29 is 22.3 Å². The fourth-order valence-corrected chi connectivity index (χ4v) is 4.65. The molecule has 0 N–H and O–H groups in total. The number of hydrogen-bond donors (Lipinski definition) is 0. The molecule has 11 heteroatoms. The highest BCUT2D eigenvalue weighted by Crippen LogP contribution is 2.36. The molecule has 0 radical (unpaired) electrons. The van der Waals surface area contributed by atoms with Gasteiger partial charge in [0.2, 0.25) is 5.95 Å². The van der Waals surface area contributed by atoms with Crippen molar-refractivity contribution in [2.24, 2.45) is 0 Å². The van der Waals surface area contributed by atoms with Gasteiger partial charge in [-0.15, -0.1) is 0 Å². The van der Waals surface area contributed by atoms with Gasteiger partial charge in [-0.3, -0.25) is 0 Å². The van der Waals surface area contributed by atoms with E-state index < -0.39 is 11.7 Å². The van der Waals surface area contributed by atoms with Crippen molar-refractivity contribution in [1.82, 2.24) is 15.0 Å². The minimum atomic E-state index is -4.47. The van der Waals surface area contributed by atoms with Crippen LogP contribution in [0.3, 0.4) is 0 Å². The molecule has 4 rings (SSSR count). The first-order valence-corrected chi connectivity index (χ1v) is 13.9. The molecule has 0 spiro atoms. The molecule has 7 nitrogen and oxygen atoms in total. The maximum Gasteiger partial charge on any atom is 0.419 e. The number of ether oxygens (including phenoxy) is 1. The number of halogens is 4. The lowest BCUT2D eigenvalue weighted by Crippen LogP contribution is -2.53. The Balaban J connectivity index is 0.00000108. The first-order chi connectivity index (χ1) is 19.6. The van der Waals surface area contributed by atoms with Crippen LogP contribution in [0.1, 0.15) is 44.9 Å². The van der Waals surface area contributed by atoms with E-state index in [4.69, 9.17) is 9.97 Å². The zero-order valence-electron chi connectivity index (χ0n) is 24.3. The van der Waals surface area contributed by atoms with Gasteiger partial charge in [0.05, 0.1) is 11.3 Å². The normalized spacial score (nSPS) is 18.3. The van der Waals surface area contributed by atoms with Gasteiger partial charge in [-0.1, -0.05) is 18.7 Å². The monoisotopic (exact) mass is 576 g/mol. The van der Waals surface area contributed by atoms with Crippen molar-refractivity contribution >= 4 is 17.6 Å². The Labute approximate surface area is 240 Å². The van der Waals surface area contributed by atoms with Crippen LogP contribution in [-0.2, 0) is 17.3 Å². The molecular formula is C30H40F4N6O. The first-order valence-electron chi connectivity index (χ1n) is 13.9. The van der Waals surface area contributed by atoms with Crippen molar-refractivity contribution in [2.75, 3.05) is 61.1 Å². The van der Waals surface area contributed by atoms with Crippen LogP contribution in [0.2, 0.25) is 0 Å². The molecule has 1 atom stereocenters. The molecular weight excluding hydrogens is 536 g/mol. The minimum Gasteiger partial charge on any atom is -0.385 e. The van der Waals surface area contributed by atoms with Crippen LogP contribution < -0.4 is 14.7 Å². The zero-order valence-corrected chi connectivity index (χ0v) is 24.3. The molecule has 224 valence electrons. The predicted molar refractivity (Wildman–Crippen MR) is 156 cm³/mol. The number of rotatable bonds is 8. The van der Waals surface area contributed by atoms with Crippen LogP contribution in [0, 0.1) is 0 Å². The predicted octanol–water partition coefficient (Wildman–Crippen LogP) is 6.39. The number of nitrogens with zero attached hydrogens (tertiary/aromatic N) is 6. The lowest BCUT2D eigenvalue weighted by atomic mass is 10.1. The fourth-order valence-electron chi connectivity index (χ4n) is 4.65. The molecule has 0 amide bonds. The summed E-state index contributed by atoms with van der Waals surface area (Å²) in [4.78, 5) is 19.6. The second-order valence-electron chi connectivity index (χ2n) is 9.99. The van der Waals surface area contributed by atoms with E-state index in [2.05, 4.69) is 26.1 Å². The molecule has 0 saturated carbocycles. The van der Waals surface area contributed by atoms with Gasteiger partial charge in [-0.05, 0) is 57.4 Å².